The topological polar surface area (TPSA) is 95.4 Å². The van der Waals surface area contributed by atoms with Crippen molar-refractivity contribution in [2.24, 2.45) is 0 Å². The standard InChI is InChI=1S/C15H13BN2O4/c1-22-13-7-6-9(8-11(13)16(20)21)14-17-12-5-3-2-4-10(12)15(19)18-14/h2-8,20-21H,1H3,(H,17,18,19). The van der Waals surface area contributed by atoms with Crippen LogP contribution in [0.2, 0.25) is 0 Å². The Morgan fingerprint density at radius 2 is 1.95 bits per heavy atom. The van der Waals surface area contributed by atoms with Crippen LogP contribution in [0.4, 0.5) is 0 Å². The predicted octanol–water partition coefficient (Wildman–Crippen LogP) is 0.278. The Morgan fingerprint density at radius 1 is 1.18 bits per heavy atom. The number of fused-ring (bicyclic) bond motifs is 1. The first kappa shape index (κ1) is 14.3. The van der Waals surface area contributed by atoms with Crippen molar-refractivity contribution in [1.82, 2.24) is 9.97 Å². The number of hydrogen-bond donors (Lipinski definition) is 3. The first-order valence-corrected chi connectivity index (χ1v) is 6.63. The van der Waals surface area contributed by atoms with E-state index in [0.29, 0.717) is 28.0 Å². The SMILES string of the molecule is COc1ccc(-c2nc3ccccc3c(=O)[nH]2)cc1B(O)O. The summed E-state index contributed by atoms with van der Waals surface area (Å²) in [4.78, 5) is 19.2. The lowest BCUT2D eigenvalue weighted by Gasteiger charge is -2.10. The van der Waals surface area contributed by atoms with Crippen LogP contribution in [0.3, 0.4) is 0 Å². The molecule has 22 heavy (non-hydrogen) atoms. The molecule has 0 aliphatic carbocycles. The van der Waals surface area contributed by atoms with Crippen LogP contribution in [0.1, 0.15) is 0 Å². The number of rotatable bonds is 3. The minimum absolute atomic E-state index is 0.204. The Balaban J connectivity index is 2.19. The van der Waals surface area contributed by atoms with Gasteiger partial charge < -0.3 is 19.8 Å². The van der Waals surface area contributed by atoms with Gasteiger partial charge in [0.15, 0.2) is 0 Å². The molecule has 0 amide bonds. The second-order valence-electron chi connectivity index (χ2n) is 4.76. The molecule has 1 heterocycles. The molecular formula is C15H13BN2O4. The van der Waals surface area contributed by atoms with Crippen molar-refractivity contribution in [3.8, 4) is 17.1 Å². The van der Waals surface area contributed by atoms with E-state index in [0.717, 1.165) is 0 Å². The molecule has 6 nitrogen and oxygen atoms in total. The van der Waals surface area contributed by atoms with Crippen molar-refractivity contribution in [3.63, 3.8) is 0 Å². The lowest BCUT2D eigenvalue weighted by Crippen LogP contribution is -2.31. The van der Waals surface area contributed by atoms with Crippen molar-refractivity contribution in [2.45, 2.75) is 0 Å². The highest BCUT2D eigenvalue weighted by molar-refractivity contribution is 6.59. The van der Waals surface area contributed by atoms with Gasteiger partial charge in [0, 0.05) is 11.0 Å². The fraction of sp³-hybridized carbons (Fsp3) is 0.0667. The molecule has 3 aromatic rings. The van der Waals surface area contributed by atoms with Crippen molar-refractivity contribution in [1.29, 1.82) is 0 Å². The predicted molar refractivity (Wildman–Crippen MR) is 84.2 cm³/mol. The highest BCUT2D eigenvalue weighted by atomic mass is 16.5. The number of hydrogen-bond acceptors (Lipinski definition) is 5. The summed E-state index contributed by atoms with van der Waals surface area (Å²) in [6.07, 6.45) is 0. The Bertz CT molecular complexity index is 892. The van der Waals surface area contributed by atoms with Gasteiger partial charge >= 0.3 is 7.12 Å². The molecule has 2 aromatic carbocycles. The minimum atomic E-state index is -1.68. The number of aromatic amines is 1. The van der Waals surface area contributed by atoms with Crippen LogP contribution < -0.4 is 15.8 Å². The third-order valence-corrected chi connectivity index (χ3v) is 3.39. The molecule has 0 unspecified atom stereocenters. The summed E-state index contributed by atoms with van der Waals surface area (Å²) in [5, 5.41) is 19.3. The maximum absolute atomic E-state index is 12.1. The van der Waals surface area contributed by atoms with E-state index in [2.05, 4.69) is 9.97 Å². The number of ether oxygens (including phenoxy) is 1. The van der Waals surface area contributed by atoms with E-state index in [1.165, 1.54) is 13.2 Å². The lowest BCUT2D eigenvalue weighted by molar-refractivity contribution is 0.403. The van der Waals surface area contributed by atoms with Gasteiger partial charge in [-0.1, -0.05) is 12.1 Å². The number of benzene rings is 2. The summed E-state index contributed by atoms with van der Waals surface area (Å²) < 4.78 is 5.08. The van der Waals surface area contributed by atoms with Crippen molar-refractivity contribution in [2.75, 3.05) is 7.11 Å². The molecule has 0 aliphatic rings. The Morgan fingerprint density at radius 3 is 2.68 bits per heavy atom. The van der Waals surface area contributed by atoms with Crippen LogP contribution in [-0.4, -0.2) is 34.2 Å². The van der Waals surface area contributed by atoms with Gasteiger partial charge in [0.2, 0.25) is 0 Å². The fourth-order valence-corrected chi connectivity index (χ4v) is 2.31. The molecule has 0 saturated carbocycles. The van der Waals surface area contributed by atoms with Crippen LogP contribution in [0.5, 0.6) is 5.75 Å². The zero-order valence-electron chi connectivity index (χ0n) is 11.8. The summed E-state index contributed by atoms with van der Waals surface area (Å²) in [5.74, 6) is 0.704. The molecule has 110 valence electrons. The van der Waals surface area contributed by atoms with Gasteiger partial charge in [0.05, 0.1) is 18.0 Å². The smallest absolute Gasteiger partial charge is 0.492 e. The van der Waals surface area contributed by atoms with Gasteiger partial charge in [0.25, 0.3) is 5.56 Å². The van der Waals surface area contributed by atoms with Gasteiger partial charge in [-0.2, -0.15) is 0 Å². The number of nitrogens with one attached hydrogen (secondary N) is 1. The average Bonchev–Trinajstić information content (AvgIpc) is 2.54. The third kappa shape index (κ3) is 2.47. The Labute approximate surface area is 126 Å². The number of aromatic nitrogens is 2. The monoisotopic (exact) mass is 296 g/mol. The van der Waals surface area contributed by atoms with Crippen LogP contribution in [0.25, 0.3) is 22.3 Å². The van der Waals surface area contributed by atoms with E-state index in [1.54, 1.807) is 36.4 Å². The normalized spacial score (nSPS) is 10.7. The molecule has 3 N–H and O–H groups in total. The van der Waals surface area contributed by atoms with Crippen LogP contribution in [0.15, 0.2) is 47.3 Å². The van der Waals surface area contributed by atoms with Crippen molar-refractivity contribution in [3.05, 3.63) is 52.8 Å². The van der Waals surface area contributed by atoms with Crippen LogP contribution in [0, 0.1) is 0 Å². The highest BCUT2D eigenvalue weighted by Crippen LogP contribution is 2.19. The zero-order valence-corrected chi connectivity index (χ0v) is 11.8. The summed E-state index contributed by atoms with van der Waals surface area (Å²) in [6, 6.07) is 11.8. The van der Waals surface area contributed by atoms with Crippen LogP contribution in [-0.2, 0) is 0 Å². The van der Waals surface area contributed by atoms with Gasteiger partial charge in [-0.25, -0.2) is 4.98 Å². The minimum Gasteiger partial charge on any atom is -0.497 e. The molecular weight excluding hydrogens is 283 g/mol. The van der Waals surface area contributed by atoms with Crippen LogP contribution >= 0.6 is 0 Å². The maximum atomic E-state index is 12.1. The number of nitrogens with zero attached hydrogens (tertiary/aromatic N) is 1. The van der Waals surface area contributed by atoms with Gasteiger partial charge in [-0.15, -0.1) is 0 Å². The Kier molecular flexibility index (Phi) is 3.66. The fourth-order valence-electron chi connectivity index (χ4n) is 2.31. The molecule has 0 spiro atoms. The lowest BCUT2D eigenvalue weighted by atomic mass is 9.78. The summed E-state index contributed by atoms with van der Waals surface area (Å²) in [7, 11) is -0.237. The molecule has 0 atom stereocenters. The molecule has 0 radical (unpaired) electrons. The molecule has 7 heteroatoms. The van der Waals surface area contributed by atoms with E-state index in [4.69, 9.17) is 4.74 Å². The molecule has 3 rings (SSSR count). The molecule has 0 aliphatic heterocycles. The first-order valence-electron chi connectivity index (χ1n) is 6.63. The largest absolute Gasteiger partial charge is 0.497 e. The second kappa shape index (κ2) is 5.63. The van der Waals surface area contributed by atoms with E-state index in [1.807, 2.05) is 0 Å². The van der Waals surface area contributed by atoms with E-state index in [-0.39, 0.29) is 11.0 Å². The van der Waals surface area contributed by atoms with Gasteiger partial charge in [-0.3, -0.25) is 4.79 Å². The Hall–Kier alpha value is -2.64. The van der Waals surface area contributed by atoms with Crippen molar-refractivity contribution >= 4 is 23.5 Å². The second-order valence-corrected chi connectivity index (χ2v) is 4.76. The van der Waals surface area contributed by atoms with Crippen molar-refractivity contribution < 1.29 is 14.8 Å². The highest BCUT2D eigenvalue weighted by Gasteiger charge is 2.18. The quantitative estimate of drug-likeness (QED) is 0.603. The number of H-pyrrole nitrogens is 1. The summed E-state index contributed by atoms with van der Waals surface area (Å²) >= 11 is 0. The van der Waals surface area contributed by atoms with E-state index in [9.17, 15) is 14.8 Å². The molecule has 0 bridgehead atoms. The maximum Gasteiger partial charge on any atom is 0.492 e. The third-order valence-electron chi connectivity index (χ3n) is 3.39. The molecule has 0 saturated heterocycles. The van der Waals surface area contributed by atoms with Gasteiger partial charge in [0.1, 0.15) is 11.6 Å². The van der Waals surface area contributed by atoms with Gasteiger partial charge in [-0.05, 0) is 30.3 Å². The summed E-state index contributed by atoms with van der Waals surface area (Å²) in [6.45, 7) is 0. The zero-order chi connectivity index (χ0) is 15.7. The average molecular weight is 296 g/mol. The first-order chi connectivity index (χ1) is 10.6. The van der Waals surface area contributed by atoms with E-state index >= 15 is 0 Å². The molecule has 1 aromatic heterocycles. The molecule has 0 fully saturated rings. The number of methoxy groups -OCH3 is 1. The summed E-state index contributed by atoms with van der Waals surface area (Å²) in [5.41, 5.74) is 1.09. The number of para-hydroxylation sites is 1. The van der Waals surface area contributed by atoms with E-state index < -0.39 is 7.12 Å².